The summed E-state index contributed by atoms with van der Waals surface area (Å²) in [7, 11) is 0. The predicted octanol–water partition coefficient (Wildman–Crippen LogP) is 1.30. The van der Waals surface area contributed by atoms with Gasteiger partial charge in [-0.15, -0.1) is 0 Å². The van der Waals surface area contributed by atoms with Crippen LogP contribution in [0.1, 0.15) is 12.8 Å². The van der Waals surface area contributed by atoms with Gasteiger partial charge in [0.1, 0.15) is 11.5 Å². The molecule has 0 amide bonds. The number of aliphatic hydroxyl groups excluding tert-OH is 1. The third-order valence-electron chi connectivity index (χ3n) is 3.29. The summed E-state index contributed by atoms with van der Waals surface area (Å²) in [5, 5.41) is 9.35. The van der Waals surface area contributed by atoms with Crippen molar-refractivity contribution in [3.8, 4) is 0 Å². The fourth-order valence-electron chi connectivity index (χ4n) is 2.49. The normalized spacial score (nSPS) is 20.8. The van der Waals surface area contributed by atoms with Crippen LogP contribution in [0.3, 0.4) is 0 Å². The maximum absolute atomic E-state index is 9.35. The van der Waals surface area contributed by atoms with Crippen LogP contribution in [0.15, 0.2) is 30.6 Å². The highest BCUT2D eigenvalue weighted by molar-refractivity contribution is 5.52. The van der Waals surface area contributed by atoms with Gasteiger partial charge in [0.05, 0.1) is 12.6 Å². The van der Waals surface area contributed by atoms with Crippen molar-refractivity contribution < 1.29 is 5.11 Å². The van der Waals surface area contributed by atoms with E-state index in [1.807, 2.05) is 24.5 Å². The van der Waals surface area contributed by atoms with E-state index in [4.69, 9.17) is 0 Å². The largest absolute Gasteiger partial charge is 0.394 e. The molecule has 3 rings (SSSR count). The van der Waals surface area contributed by atoms with Gasteiger partial charge in [0.2, 0.25) is 0 Å². The fourth-order valence-corrected chi connectivity index (χ4v) is 2.49. The van der Waals surface area contributed by atoms with Crippen LogP contribution >= 0.6 is 0 Å². The van der Waals surface area contributed by atoms with E-state index < -0.39 is 0 Å². The molecule has 0 saturated carbocycles. The van der Waals surface area contributed by atoms with Gasteiger partial charge in [-0.2, -0.15) is 0 Å². The molecule has 1 aliphatic heterocycles. The highest BCUT2D eigenvalue weighted by atomic mass is 16.3. The topological polar surface area (TPSA) is 40.8 Å². The molecule has 0 bridgehead atoms. The summed E-state index contributed by atoms with van der Waals surface area (Å²) in [5.74, 6) is 1.13. The van der Waals surface area contributed by atoms with Crippen molar-refractivity contribution in [1.29, 1.82) is 0 Å². The molecule has 2 aromatic heterocycles. The number of imidazole rings is 1. The summed E-state index contributed by atoms with van der Waals surface area (Å²) in [4.78, 5) is 6.55. The number of hydrogen-bond acceptors (Lipinski definition) is 3. The predicted molar refractivity (Wildman–Crippen MR) is 62.6 cm³/mol. The number of aromatic nitrogens is 2. The Hall–Kier alpha value is -1.55. The van der Waals surface area contributed by atoms with Crippen LogP contribution in [-0.2, 0) is 0 Å². The maximum atomic E-state index is 9.35. The summed E-state index contributed by atoms with van der Waals surface area (Å²) in [6.07, 6.45) is 6.00. The van der Waals surface area contributed by atoms with Crippen molar-refractivity contribution in [2.75, 3.05) is 18.1 Å². The number of hydrogen-bond donors (Lipinski definition) is 1. The van der Waals surface area contributed by atoms with Gasteiger partial charge in [0.25, 0.3) is 0 Å². The molecule has 1 N–H and O–H groups in total. The van der Waals surface area contributed by atoms with E-state index in [2.05, 4.69) is 20.4 Å². The third kappa shape index (κ3) is 1.38. The SMILES string of the molecule is OCC1CCCN1c1cccc2nccn12. The lowest BCUT2D eigenvalue weighted by Crippen LogP contribution is -2.33. The number of aliphatic hydroxyl groups is 1. The highest BCUT2D eigenvalue weighted by Crippen LogP contribution is 2.25. The Bertz CT molecular complexity index is 494. The molecule has 0 aliphatic carbocycles. The molecule has 3 heterocycles. The average Bonchev–Trinajstić information content (AvgIpc) is 2.96. The first-order valence-electron chi connectivity index (χ1n) is 5.70. The van der Waals surface area contributed by atoms with Crippen LogP contribution in [0.25, 0.3) is 5.65 Å². The summed E-state index contributed by atoms with van der Waals surface area (Å²) < 4.78 is 2.08. The van der Waals surface area contributed by atoms with Crippen LogP contribution in [0.4, 0.5) is 5.82 Å². The van der Waals surface area contributed by atoms with E-state index >= 15 is 0 Å². The van der Waals surface area contributed by atoms with E-state index in [0.29, 0.717) is 0 Å². The summed E-state index contributed by atoms with van der Waals surface area (Å²) in [5.41, 5.74) is 0.959. The van der Waals surface area contributed by atoms with Crippen molar-refractivity contribution in [2.45, 2.75) is 18.9 Å². The number of rotatable bonds is 2. The van der Waals surface area contributed by atoms with Gasteiger partial charge in [0.15, 0.2) is 0 Å². The molecule has 0 spiro atoms. The van der Waals surface area contributed by atoms with Crippen molar-refractivity contribution >= 4 is 11.5 Å². The lowest BCUT2D eigenvalue weighted by Gasteiger charge is -2.25. The molecule has 4 heteroatoms. The average molecular weight is 217 g/mol. The molecule has 1 atom stereocenters. The minimum Gasteiger partial charge on any atom is -0.394 e. The van der Waals surface area contributed by atoms with Crippen molar-refractivity contribution in [3.05, 3.63) is 30.6 Å². The molecule has 0 radical (unpaired) electrons. The van der Waals surface area contributed by atoms with Gasteiger partial charge in [0, 0.05) is 18.9 Å². The monoisotopic (exact) mass is 217 g/mol. The quantitative estimate of drug-likeness (QED) is 0.824. The van der Waals surface area contributed by atoms with Crippen molar-refractivity contribution in [1.82, 2.24) is 9.38 Å². The first kappa shape index (κ1) is 9.66. The summed E-state index contributed by atoms with van der Waals surface area (Å²) in [6, 6.07) is 6.36. The minimum absolute atomic E-state index is 0.227. The highest BCUT2D eigenvalue weighted by Gasteiger charge is 2.25. The van der Waals surface area contributed by atoms with Gasteiger partial charge in [-0.25, -0.2) is 4.98 Å². The van der Waals surface area contributed by atoms with Crippen molar-refractivity contribution in [3.63, 3.8) is 0 Å². The number of anilines is 1. The van der Waals surface area contributed by atoms with E-state index in [0.717, 1.165) is 30.9 Å². The smallest absolute Gasteiger partial charge is 0.138 e. The van der Waals surface area contributed by atoms with Gasteiger partial charge >= 0.3 is 0 Å². The fraction of sp³-hybridized carbons (Fsp3) is 0.417. The van der Waals surface area contributed by atoms with E-state index in [1.165, 1.54) is 0 Å². The second-order valence-corrected chi connectivity index (χ2v) is 4.21. The van der Waals surface area contributed by atoms with Crippen LogP contribution in [0.2, 0.25) is 0 Å². The Labute approximate surface area is 94.1 Å². The lowest BCUT2D eigenvalue weighted by molar-refractivity contribution is 0.266. The zero-order valence-electron chi connectivity index (χ0n) is 9.08. The molecular formula is C12H15N3O. The first-order chi connectivity index (χ1) is 7.90. The van der Waals surface area contributed by atoms with E-state index in [-0.39, 0.29) is 12.6 Å². The van der Waals surface area contributed by atoms with Gasteiger partial charge in [-0.05, 0) is 25.0 Å². The summed E-state index contributed by atoms with van der Waals surface area (Å²) >= 11 is 0. The minimum atomic E-state index is 0.227. The molecule has 0 aromatic carbocycles. The number of fused-ring (bicyclic) bond motifs is 1. The second kappa shape index (κ2) is 3.79. The van der Waals surface area contributed by atoms with Gasteiger partial charge in [-0.1, -0.05) is 6.07 Å². The Morgan fingerprint density at radius 2 is 2.38 bits per heavy atom. The molecule has 1 unspecified atom stereocenters. The van der Waals surface area contributed by atoms with Gasteiger partial charge in [-0.3, -0.25) is 4.40 Å². The maximum Gasteiger partial charge on any atom is 0.138 e. The zero-order chi connectivity index (χ0) is 11.0. The molecule has 2 aromatic rings. The molecule has 4 nitrogen and oxygen atoms in total. The van der Waals surface area contributed by atoms with Crippen LogP contribution in [0.5, 0.6) is 0 Å². The molecular weight excluding hydrogens is 202 g/mol. The molecule has 1 aliphatic rings. The van der Waals surface area contributed by atoms with Crippen LogP contribution in [0, 0.1) is 0 Å². The Kier molecular flexibility index (Phi) is 2.29. The van der Waals surface area contributed by atoms with Gasteiger partial charge < -0.3 is 10.0 Å². The molecule has 1 fully saturated rings. The Balaban J connectivity index is 2.07. The van der Waals surface area contributed by atoms with Crippen molar-refractivity contribution in [2.24, 2.45) is 0 Å². The van der Waals surface area contributed by atoms with E-state index in [1.54, 1.807) is 0 Å². The van der Waals surface area contributed by atoms with Crippen LogP contribution in [-0.4, -0.2) is 33.7 Å². The second-order valence-electron chi connectivity index (χ2n) is 4.21. The standard InChI is InChI=1S/C12H15N3O/c16-9-10-3-2-7-14(10)12-5-1-4-11-13-6-8-15(11)12/h1,4-6,8,10,16H,2-3,7,9H2. The Morgan fingerprint density at radius 1 is 1.44 bits per heavy atom. The third-order valence-corrected chi connectivity index (χ3v) is 3.29. The Morgan fingerprint density at radius 3 is 3.25 bits per heavy atom. The molecule has 16 heavy (non-hydrogen) atoms. The molecule has 84 valence electrons. The first-order valence-corrected chi connectivity index (χ1v) is 5.70. The number of nitrogens with zero attached hydrogens (tertiary/aromatic N) is 3. The molecule has 1 saturated heterocycles. The summed E-state index contributed by atoms with van der Waals surface area (Å²) in [6.45, 7) is 1.24. The lowest BCUT2D eigenvalue weighted by atomic mass is 10.2. The number of pyridine rings is 1. The van der Waals surface area contributed by atoms with E-state index in [9.17, 15) is 5.11 Å². The zero-order valence-corrected chi connectivity index (χ0v) is 9.08. The van der Waals surface area contributed by atoms with Crippen LogP contribution < -0.4 is 4.90 Å².